The number of nitrogens with zero attached hydrogens (tertiary/aromatic N) is 1. The molecule has 2 unspecified atom stereocenters. The average molecular weight is 465 g/mol. The molecule has 1 aliphatic rings. The summed E-state index contributed by atoms with van der Waals surface area (Å²) in [6.07, 6.45) is 0. The fourth-order valence-electron chi connectivity index (χ4n) is 3.35. The third kappa shape index (κ3) is 5.11. The Morgan fingerprint density at radius 2 is 1.90 bits per heavy atom. The Labute approximate surface area is 190 Å². The lowest BCUT2D eigenvalue weighted by molar-refractivity contribution is -0.146. The van der Waals surface area contributed by atoms with Crippen LogP contribution in [0.5, 0.6) is 11.5 Å². The minimum Gasteiger partial charge on any atom is -0.493 e. The topological polar surface area (TPSA) is 86.2 Å². The van der Waals surface area contributed by atoms with Crippen LogP contribution in [0.3, 0.4) is 0 Å². The largest absolute Gasteiger partial charge is 0.493 e. The molecule has 31 heavy (non-hydrogen) atoms. The highest BCUT2D eigenvalue weighted by Crippen LogP contribution is 2.40. The number of nitrogens with one attached hydrogen (secondary N) is 1. The van der Waals surface area contributed by atoms with Gasteiger partial charge in [-0.1, -0.05) is 41.4 Å². The number of esters is 1. The van der Waals surface area contributed by atoms with Crippen molar-refractivity contribution in [3.05, 3.63) is 57.6 Å². The van der Waals surface area contributed by atoms with Crippen molar-refractivity contribution >= 4 is 40.9 Å². The summed E-state index contributed by atoms with van der Waals surface area (Å²) in [6, 6.07) is 9.24. The quantitative estimate of drug-likeness (QED) is 0.583. The summed E-state index contributed by atoms with van der Waals surface area (Å²) in [4.78, 5) is 28.5. The molecular formula is C22H22Cl2N2O5. The van der Waals surface area contributed by atoms with Gasteiger partial charge in [0.25, 0.3) is 0 Å². The maximum absolute atomic E-state index is 12.6. The third-order valence-electron chi connectivity index (χ3n) is 4.84. The van der Waals surface area contributed by atoms with Crippen molar-refractivity contribution < 1.29 is 23.8 Å². The maximum atomic E-state index is 12.6. The smallest absolute Gasteiger partial charge is 0.341 e. The number of amides is 2. The van der Waals surface area contributed by atoms with Crippen molar-refractivity contribution in [3.63, 3.8) is 0 Å². The molecule has 2 aromatic rings. The molecule has 0 saturated carbocycles. The Hall–Kier alpha value is -2.77. The minimum absolute atomic E-state index is 0.204. The number of ether oxygens (including phenoxy) is 3. The van der Waals surface area contributed by atoms with E-state index < -0.39 is 24.0 Å². The van der Waals surface area contributed by atoms with Crippen LogP contribution in [0, 0.1) is 5.92 Å². The summed E-state index contributed by atoms with van der Waals surface area (Å²) in [5.74, 6) is -0.516. The molecule has 0 spiro atoms. The van der Waals surface area contributed by atoms with Crippen molar-refractivity contribution in [2.75, 3.05) is 13.7 Å². The highest BCUT2D eigenvalue weighted by Gasteiger charge is 2.39. The lowest BCUT2D eigenvalue weighted by Gasteiger charge is -2.30. The molecule has 1 N–H and O–H groups in total. The minimum atomic E-state index is -0.810. The first kappa shape index (κ1) is 22.9. The van der Waals surface area contributed by atoms with Crippen LogP contribution >= 0.6 is 23.2 Å². The molecule has 0 aliphatic carbocycles. The fourth-order valence-corrected chi connectivity index (χ4v) is 3.81. The molecule has 0 bridgehead atoms. The van der Waals surface area contributed by atoms with Gasteiger partial charge >= 0.3 is 12.0 Å². The van der Waals surface area contributed by atoms with E-state index in [1.807, 2.05) is 18.2 Å². The van der Waals surface area contributed by atoms with E-state index in [9.17, 15) is 9.59 Å². The Balaban J connectivity index is 1.94. The Bertz CT molecular complexity index is 1020. The van der Waals surface area contributed by atoms with E-state index in [2.05, 4.69) is 10.3 Å². The fraction of sp³-hybridized carbons (Fsp3) is 0.318. The van der Waals surface area contributed by atoms with Gasteiger partial charge in [0, 0.05) is 27.4 Å². The van der Waals surface area contributed by atoms with Crippen LogP contribution in [0.2, 0.25) is 10.0 Å². The summed E-state index contributed by atoms with van der Waals surface area (Å²) in [5, 5.41) is 3.58. The SMILES string of the molecule is CCOC(=O)C1C(C)=NC(=O)NC1c1cc(OC)c(OCc2ccccc2Cl)cc1Cl. The number of halogens is 2. The van der Waals surface area contributed by atoms with Gasteiger partial charge in [-0.25, -0.2) is 9.79 Å². The molecule has 7 nitrogen and oxygen atoms in total. The summed E-state index contributed by atoms with van der Waals surface area (Å²) in [7, 11) is 1.49. The lowest BCUT2D eigenvalue weighted by Crippen LogP contribution is -2.44. The van der Waals surface area contributed by atoms with E-state index >= 15 is 0 Å². The van der Waals surface area contributed by atoms with Crippen LogP contribution < -0.4 is 14.8 Å². The van der Waals surface area contributed by atoms with Crippen LogP contribution in [0.25, 0.3) is 0 Å². The van der Waals surface area contributed by atoms with Gasteiger partial charge in [0.1, 0.15) is 12.5 Å². The van der Waals surface area contributed by atoms with Gasteiger partial charge in [-0.2, -0.15) is 0 Å². The first-order valence-corrected chi connectivity index (χ1v) is 10.4. The molecule has 3 rings (SSSR count). The summed E-state index contributed by atoms with van der Waals surface area (Å²) in [6.45, 7) is 3.74. The van der Waals surface area contributed by atoms with Gasteiger partial charge < -0.3 is 19.5 Å². The van der Waals surface area contributed by atoms with Crippen LogP contribution in [0.15, 0.2) is 41.4 Å². The molecule has 164 valence electrons. The van der Waals surface area contributed by atoms with Crippen LogP contribution in [-0.4, -0.2) is 31.4 Å². The highest BCUT2D eigenvalue weighted by atomic mass is 35.5. The van der Waals surface area contributed by atoms with Gasteiger partial charge in [-0.15, -0.1) is 0 Å². The van der Waals surface area contributed by atoms with Crippen molar-refractivity contribution in [1.82, 2.24) is 5.32 Å². The molecule has 1 aliphatic heterocycles. The van der Waals surface area contributed by atoms with Gasteiger partial charge in [0.15, 0.2) is 11.5 Å². The zero-order valence-electron chi connectivity index (χ0n) is 17.3. The number of carbonyl (C=O) groups excluding carboxylic acids is 2. The summed E-state index contributed by atoms with van der Waals surface area (Å²) in [5.41, 5.74) is 1.64. The standard InChI is InChI=1S/C22H22Cl2N2O5/c1-4-30-21(27)19-12(2)25-22(28)26-20(19)14-9-17(29-3)18(10-16(14)24)31-11-13-7-5-6-8-15(13)23/h5-10,19-20H,4,11H2,1-3H3,(H,26,28). The van der Waals surface area contributed by atoms with E-state index in [0.717, 1.165) is 5.56 Å². The van der Waals surface area contributed by atoms with Crippen LogP contribution in [0.4, 0.5) is 4.79 Å². The number of aliphatic imine (C=N–C) groups is 1. The molecule has 2 atom stereocenters. The second kappa shape index (κ2) is 10.0. The van der Waals surface area contributed by atoms with Crippen LogP contribution in [-0.2, 0) is 16.1 Å². The van der Waals surface area contributed by atoms with Crippen molar-refractivity contribution in [1.29, 1.82) is 0 Å². The number of rotatable bonds is 7. The molecule has 9 heteroatoms. The van der Waals surface area contributed by atoms with Crippen LogP contribution in [0.1, 0.15) is 31.0 Å². The first-order chi connectivity index (χ1) is 14.8. The Morgan fingerprint density at radius 1 is 1.16 bits per heavy atom. The predicted octanol–water partition coefficient (Wildman–Crippen LogP) is 4.99. The second-order valence-corrected chi connectivity index (χ2v) is 7.63. The molecule has 0 saturated heterocycles. The number of methoxy groups -OCH3 is 1. The second-order valence-electron chi connectivity index (χ2n) is 6.81. The molecule has 0 fully saturated rings. The number of urea groups is 1. The molecule has 1 heterocycles. The molecular weight excluding hydrogens is 443 g/mol. The molecule has 2 amide bonds. The highest BCUT2D eigenvalue weighted by molar-refractivity contribution is 6.32. The van der Waals surface area contributed by atoms with E-state index in [4.69, 9.17) is 37.4 Å². The number of hydrogen-bond donors (Lipinski definition) is 1. The van der Waals surface area contributed by atoms with Gasteiger partial charge in [0.2, 0.25) is 0 Å². The number of carbonyl (C=O) groups is 2. The zero-order chi connectivity index (χ0) is 22.5. The molecule has 0 radical (unpaired) electrons. The monoisotopic (exact) mass is 464 g/mol. The van der Waals surface area contributed by atoms with E-state index in [-0.39, 0.29) is 13.2 Å². The van der Waals surface area contributed by atoms with Crippen molar-refractivity contribution in [3.8, 4) is 11.5 Å². The van der Waals surface area contributed by atoms with Crippen molar-refractivity contribution in [2.24, 2.45) is 10.9 Å². The van der Waals surface area contributed by atoms with Crippen molar-refractivity contribution in [2.45, 2.75) is 26.5 Å². The van der Waals surface area contributed by atoms with Gasteiger partial charge in [-0.05, 0) is 31.5 Å². The Morgan fingerprint density at radius 3 is 2.58 bits per heavy atom. The number of hydrogen-bond acceptors (Lipinski definition) is 5. The molecule has 0 aromatic heterocycles. The maximum Gasteiger partial charge on any atom is 0.341 e. The normalized spacial score (nSPS) is 18.1. The summed E-state index contributed by atoms with van der Waals surface area (Å²) >= 11 is 12.7. The average Bonchev–Trinajstić information content (AvgIpc) is 2.72. The predicted molar refractivity (Wildman–Crippen MR) is 118 cm³/mol. The van der Waals surface area contributed by atoms with Gasteiger partial charge in [0.05, 0.1) is 19.8 Å². The first-order valence-electron chi connectivity index (χ1n) is 9.61. The third-order valence-corrected chi connectivity index (χ3v) is 5.54. The zero-order valence-corrected chi connectivity index (χ0v) is 18.8. The van der Waals surface area contributed by atoms with Gasteiger partial charge in [-0.3, -0.25) is 4.79 Å². The lowest BCUT2D eigenvalue weighted by atomic mass is 9.88. The Kier molecular flexibility index (Phi) is 7.41. The summed E-state index contributed by atoms with van der Waals surface area (Å²) < 4.78 is 16.5. The van der Waals surface area contributed by atoms with E-state index in [1.54, 1.807) is 32.0 Å². The van der Waals surface area contributed by atoms with E-state index in [1.165, 1.54) is 7.11 Å². The number of benzene rings is 2. The van der Waals surface area contributed by atoms with E-state index in [0.29, 0.717) is 32.8 Å². The molecule has 2 aromatic carbocycles.